The van der Waals surface area contributed by atoms with Crippen molar-refractivity contribution in [1.82, 2.24) is 0 Å². The third-order valence-electron chi connectivity index (χ3n) is 2.63. The summed E-state index contributed by atoms with van der Waals surface area (Å²) in [6, 6.07) is 13.0. The van der Waals surface area contributed by atoms with Crippen molar-refractivity contribution in [3.63, 3.8) is 0 Å². The lowest BCUT2D eigenvalue weighted by molar-refractivity contribution is 0.103. The third-order valence-corrected chi connectivity index (χ3v) is 4.27. The second-order valence-electron chi connectivity index (χ2n) is 4.14. The van der Waals surface area contributed by atoms with Crippen LogP contribution in [0.15, 0.2) is 57.9 Å². The predicted molar refractivity (Wildman–Crippen MR) is 77.1 cm³/mol. The highest BCUT2D eigenvalue weighted by molar-refractivity contribution is 9.10. The van der Waals surface area contributed by atoms with E-state index in [-0.39, 0.29) is 10.7 Å². The SMILES string of the molecule is CS(=O)(=O)c1cccc(C(=O)c2ccc(Br)cc2)c1. The van der Waals surface area contributed by atoms with Crippen molar-refractivity contribution in [1.29, 1.82) is 0 Å². The van der Waals surface area contributed by atoms with Crippen LogP contribution >= 0.6 is 15.9 Å². The van der Waals surface area contributed by atoms with Crippen LogP contribution in [-0.4, -0.2) is 20.5 Å². The van der Waals surface area contributed by atoms with Crippen LogP contribution in [0.4, 0.5) is 0 Å². The summed E-state index contributed by atoms with van der Waals surface area (Å²) in [5.74, 6) is -0.196. The highest BCUT2D eigenvalue weighted by Crippen LogP contribution is 2.17. The van der Waals surface area contributed by atoms with Gasteiger partial charge in [0.15, 0.2) is 15.6 Å². The molecule has 98 valence electrons. The number of rotatable bonds is 3. The molecule has 0 bridgehead atoms. The number of hydrogen-bond donors (Lipinski definition) is 0. The van der Waals surface area contributed by atoms with Crippen molar-refractivity contribution in [2.24, 2.45) is 0 Å². The van der Waals surface area contributed by atoms with Gasteiger partial charge in [0.25, 0.3) is 0 Å². The van der Waals surface area contributed by atoms with Crippen LogP contribution < -0.4 is 0 Å². The molecule has 3 nitrogen and oxygen atoms in total. The minimum Gasteiger partial charge on any atom is -0.289 e. The van der Waals surface area contributed by atoms with E-state index in [2.05, 4.69) is 15.9 Å². The highest BCUT2D eigenvalue weighted by Gasteiger charge is 2.13. The van der Waals surface area contributed by atoms with E-state index in [1.165, 1.54) is 12.1 Å². The summed E-state index contributed by atoms with van der Waals surface area (Å²) in [5.41, 5.74) is 0.888. The molecule has 0 radical (unpaired) electrons. The van der Waals surface area contributed by atoms with Gasteiger partial charge in [-0.25, -0.2) is 8.42 Å². The number of carbonyl (C=O) groups is 1. The first-order valence-corrected chi connectivity index (χ1v) is 8.17. The van der Waals surface area contributed by atoms with Gasteiger partial charge in [-0.15, -0.1) is 0 Å². The number of ketones is 1. The van der Waals surface area contributed by atoms with Gasteiger partial charge >= 0.3 is 0 Å². The molecule has 0 aliphatic heterocycles. The summed E-state index contributed by atoms with van der Waals surface area (Å²) in [7, 11) is -3.31. The molecule has 0 amide bonds. The fourth-order valence-electron chi connectivity index (χ4n) is 1.64. The molecular weight excluding hydrogens is 328 g/mol. The van der Waals surface area contributed by atoms with Crippen LogP contribution in [0.25, 0.3) is 0 Å². The summed E-state index contributed by atoms with van der Waals surface area (Å²) >= 11 is 3.30. The zero-order chi connectivity index (χ0) is 14.0. The van der Waals surface area contributed by atoms with E-state index in [0.717, 1.165) is 10.7 Å². The van der Waals surface area contributed by atoms with Gasteiger partial charge < -0.3 is 0 Å². The van der Waals surface area contributed by atoms with Crippen LogP contribution in [0, 0.1) is 0 Å². The molecule has 0 saturated carbocycles. The van der Waals surface area contributed by atoms with Crippen LogP contribution in [0.5, 0.6) is 0 Å². The van der Waals surface area contributed by atoms with E-state index < -0.39 is 9.84 Å². The molecule has 0 spiro atoms. The van der Waals surface area contributed by atoms with Gasteiger partial charge in [-0.05, 0) is 36.4 Å². The fourth-order valence-corrected chi connectivity index (χ4v) is 2.57. The van der Waals surface area contributed by atoms with Gasteiger partial charge in [0.05, 0.1) is 4.90 Å². The minimum atomic E-state index is -3.31. The molecule has 0 heterocycles. The van der Waals surface area contributed by atoms with Crippen molar-refractivity contribution in [2.45, 2.75) is 4.90 Å². The largest absolute Gasteiger partial charge is 0.289 e. The maximum Gasteiger partial charge on any atom is 0.193 e. The molecule has 19 heavy (non-hydrogen) atoms. The normalized spacial score (nSPS) is 11.3. The van der Waals surface area contributed by atoms with E-state index in [4.69, 9.17) is 0 Å². The Morgan fingerprint density at radius 3 is 2.21 bits per heavy atom. The van der Waals surface area contributed by atoms with Crippen molar-refractivity contribution < 1.29 is 13.2 Å². The van der Waals surface area contributed by atoms with Gasteiger partial charge in [0.1, 0.15) is 0 Å². The Morgan fingerprint density at radius 2 is 1.63 bits per heavy atom. The predicted octanol–water partition coefficient (Wildman–Crippen LogP) is 3.08. The van der Waals surface area contributed by atoms with Crippen LogP contribution in [-0.2, 0) is 9.84 Å². The molecule has 0 N–H and O–H groups in total. The topological polar surface area (TPSA) is 51.2 Å². The molecule has 2 rings (SSSR count). The molecule has 0 aliphatic rings. The molecule has 2 aromatic carbocycles. The lowest BCUT2D eigenvalue weighted by Crippen LogP contribution is -2.04. The van der Waals surface area contributed by atoms with E-state index >= 15 is 0 Å². The van der Waals surface area contributed by atoms with Gasteiger partial charge in [-0.1, -0.05) is 28.1 Å². The van der Waals surface area contributed by atoms with Crippen molar-refractivity contribution >= 4 is 31.6 Å². The average Bonchev–Trinajstić information content (AvgIpc) is 2.38. The Labute approximate surface area is 120 Å². The average molecular weight is 339 g/mol. The van der Waals surface area contributed by atoms with E-state index in [1.54, 1.807) is 36.4 Å². The minimum absolute atomic E-state index is 0.149. The zero-order valence-corrected chi connectivity index (χ0v) is 12.5. The zero-order valence-electron chi connectivity index (χ0n) is 10.1. The molecule has 0 fully saturated rings. The monoisotopic (exact) mass is 338 g/mol. The van der Waals surface area contributed by atoms with Crippen LogP contribution in [0.2, 0.25) is 0 Å². The highest BCUT2D eigenvalue weighted by atomic mass is 79.9. The first kappa shape index (κ1) is 14.0. The molecule has 2 aromatic rings. The summed E-state index contributed by atoms with van der Waals surface area (Å²) in [6.07, 6.45) is 1.12. The molecule has 0 unspecified atom stereocenters. The Hall–Kier alpha value is -1.46. The standard InChI is InChI=1S/C14H11BrO3S/c1-19(17,18)13-4-2-3-11(9-13)14(16)10-5-7-12(15)8-6-10/h2-9H,1H3. The first-order valence-electron chi connectivity index (χ1n) is 5.48. The van der Waals surface area contributed by atoms with Crippen molar-refractivity contribution in [2.75, 3.05) is 6.26 Å². The van der Waals surface area contributed by atoms with Crippen molar-refractivity contribution in [3.8, 4) is 0 Å². The van der Waals surface area contributed by atoms with Crippen LogP contribution in [0.3, 0.4) is 0 Å². The van der Waals surface area contributed by atoms with E-state index in [9.17, 15) is 13.2 Å². The summed E-state index contributed by atoms with van der Waals surface area (Å²) < 4.78 is 23.8. The third kappa shape index (κ3) is 3.30. The summed E-state index contributed by atoms with van der Waals surface area (Å²) in [6.45, 7) is 0. The summed E-state index contributed by atoms with van der Waals surface area (Å²) in [4.78, 5) is 12.4. The number of carbonyl (C=O) groups excluding carboxylic acids is 1. The Morgan fingerprint density at radius 1 is 1.00 bits per heavy atom. The lowest BCUT2D eigenvalue weighted by Gasteiger charge is -2.04. The second kappa shape index (κ2) is 5.27. The lowest BCUT2D eigenvalue weighted by atomic mass is 10.0. The number of sulfone groups is 1. The molecule has 0 aliphatic carbocycles. The molecular formula is C14H11BrO3S. The molecule has 5 heteroatoms. The summed E-state index contributed by atoms with van der Waals surface area (Å²) in [5, 5.41) is 0. The van der Waals surface area contributed by atoms with Gasteiger partial charge in [0.2, 0.25) is 0 Å². The number of benzene rings is 2. The van der Waals surface area contributed by atoms with Gasteiger partial charge in [0, 0.05) is 21.9 Å². The smallest absolute Gasteiger partial charge is 0.193 e. The fraction of sp³-hybridized carbons (Fsp3) is 0.0714. The van der Waals surface area contributed by atoms with Gasteiger partial charge in [-0.3, -0.25) is 4.79 Å². The first-order chi connectivity index (χ1) is 8.88. The maximum absolute atomic E-state index is 12.2. The second-order valence-corrected chi connectivity index (χ2v) is 7.07. The number of hydrogen-bond acceptors (Lipinski definition) is 3. The van der Waals surface area contributed by atoms with Crippen molar-refractivity contribution in [3.05, 3.63) is 64.1 Å². The van der Waals surface area contributed by atoms with Crippen LogP contribution in [0.1, 0.15) is 15.9 Å². The Bertz CT molecular complexity index is 719. The molecule has 0 atom stereocenters. The molecule has 0 saturated heterocycles. The van der Waals surface area contributed by atoms with E-state index in [0.29, 0.717) is 11.1 Å². The Balaban J connectivity index is 2.42. The quantitative estimate of drug-likeness (QED) is 0.808. The van der Waals surface area contributed by atoms with Gasteiger partial charge in [-0.2, -0.15) is 0 Å². The number of halogens is 1. The molecule has 0 aromatic heterocycles. The Kier molecular flexibility index (Phi) is 3.87. The van der Waals surface area contributed by atoms with E-state index in [1.807, 2.05) is 0 Å². The maximum atomic E-state index is 12.2.